The maximum atomic E-state index is 11.3. The van der Waals surface area contributed by atoms with Crippen molar-refractivity contribution in [3.05, 3.63) is 203 Å². The molecule has 0 aliphatic rings. The Morgan fingerprint density at radius 3 is 1.13 bits per heavy atom. The van der Waals surface area contributed by atoms with Crippen molar-refractivity contribution in [1.29, 1.82) is 5.26 Å². The predicted molar refractivity (Wildman–Crippen MR) is 243 cm³/mol. The van der Waals surface area contributed by atoms with Crippen LogP contribution in [0, 0.1) is 17.9 Å². The smallest absolute Gasteiger partial charge is 0.194 e. The number of benzene rings is 7. The molecule has 292 valence electrons. The number of carbonyl (C=O) groups is 1. The summed E-state index contributed by atoms with van der Waals surface area (Å²) in [5.41, 5.74) is 10.3. The SMILES string of the molecule is [C-]#[N+]c1cc(C=Cc2ccc(N(c3ccc(OC)cc3)c3ccc(OC)cc3)cc2)c(C#N)cc1C=Cc1ccc(N(c2ccc(C=O)cc2)c2ccc(OC)cc2)cc1. The molecule has 7 aromatic carbocycles. The number of rotatable bonds is 14. The number of aldehydes is 1. The maximum Gasteiger partial charge on any atom is 0.194 e. The Balaban J connectivity index is 1.11. The summed E-state index contributed by atoms with van der Waals surface area (Å²) >= 11 is 0. The number of nitriles is 1. The molecule has 0 saturated carbocycles. The Bertz CT molecular complexity index is 2660. The molecule has 0 aliphatic heterocycles. The Kier molecular flexibility index (Phi) is 12.5. The van der Waals surface area contributed by atoms with Gasteiger partial charge >= 0.3 is 0 Å². The molecule has 0 aliphatic carbocycles. The van der Waals surface area contributed by atoms with Gasteiger partial charge in [0.05, 0.1) is 39.5 Å². The van der Waals surface area contributed by atoms with E-state index in [0.29, 0.717) is 27.9 Å². The van der Waals surface area contributed by atoms with Crippen LogP contribution in [0.5, 0.6) is 17.2 Å². The highest BCUT2D eigenvalue weighted by atomic mass is 16.5. The molecule has 0 unspecified atom stereocenters. The minimum Gasteiger partial charge on any atom is -0.497 e. The molecule has 0 atom stereocenters. The number of anilines is 6. The van der Waals surface area contributed by atoms with Gasteiger partial charge < -0.3 is 24.0 Å². The third-order valence-corrected chi connectivity index (χ3v) is 9.93. The van der Waals surface area contributed by atoms with Crippen molar-refractivity contribution < 1.29 is 19.0 Å². The van der Waals surface area contributed by atoms with Crippen LogP contribution in [-0.4, -0.2) is 27.6 Å². The standard InChI is InChI=1S/C52H40N4O4/c1-54-52-34-40(13-5-37-7-15-44(16-8-37)56(47-23-29-50(59-3)30-24-47)48-25-31-51(60-4)32-26-48)42(35-53)33-41(52)14-6-38-9-17-43(18-10-38)55(45-19-11-39(36-57)12-20-45)46-21-27-49(58-2)28-22-46/h5-34,36H,2-4H3. The van der Waals surface area contributed by atoms with Crippen LogP contribution in [0.4, 0.5) is 39.8 Å². The summed E-state index contributed by atoms with van der Waals surface area (Å²) in [7, 11) is 4.93. The van der Waals surface area contributed by atoms with Gasteiger partial charge in [0.15, 0.2) is 5.69 Å². The lowest BCUT2D eigenvalue weighted by molar-refractivity contribution is 0.112. The van der Waals surface area contributed by atoms with E-state index >= 15 is 0 Å². The summed E-state index contributed by atoms with van der Waals surface area (Å²) in [4.78, 5) is 19.4. The summed E-state index contributed by atoms with van der Waals surface area (Å²) < 4.78 is 16.1. The van der Waals surface area contributed by atoms with E-state index in [0.717, 1.165) is 68.8 Å². The van der Waals surface area contributed by atoms with E-state index in [1.54, 1.807) is 45.6 Å². The van der Waals surface area contributed by atoms with Gasteiger partial charge in [-0.2, -0.15) is 5.26 Å². The van der Waals surface area contributed by atoms with Crippen LogP contribution in [0.3, 0.4) is 0 Å². The van der Waals surface area contributed by atoms with Crippen molar-refractivity contribution in [2.24, 2.45) is 0 Å². The molecule has 0 heterocycles. The van der Waals surface area contributed by atoms with Crippen molar-refractivity contribution in [3.8, 4) is 23.3 Å². The minimum atomic E-state index is 0.441. The first-order chi connectivity index (χ1) is 29.4. The van der Waals surface area contributed by atoms with Crippen LogP contribution >= 0.6 is 0 Å². The summed E-state index contributed by atoms with van der Waals surface area (Å²) in [5.74, 6) is 2.30. The first-order valence-electron chi connectivity index (χ1n) is 19.0. The Morgan fingerprint density at radius 2 is 0.817 bits per heavy atom. The molecular formula is C52H40N4O4. The van der Waals surface area contributed by atoms with E-state index in [2.05, 4.69) is 20.7 Å². The Morgan fingerprint density at radius 1 is 0.483 bits per heavy atom. The number of hydrogen-bond acceptors (Lipinski definition) is 7. The molecule has 8 heteroatoms. The zero-order valence-corrected chi connectivity index (χ0v) is 33.3. The number of nitrogens with zero attached hydrogens (tertiary/aromatic N) is 4. The van der Waals surface area contributed by atoms with Gasteiger partial charge in [-0.05, 0) is 156 Å². The topological polar surface area (TPSA) is 79.4 Å². The molecule has 7 rings (SSSR count). The van der Waals surface area contributed by atoms with E-state index in [4.69, 9.17) is 20.8 Å². The molecule has 0 radical (unpaired) electrons. The zero-order valence-electron chi connectivity index (χ0n) is 33.3. The molecule has 8 nitrogen and oxygen atoms in total. The van der Waals surface area contributed by atoms with Gasteiger partial charge in [-0.15, -0.1) is 0 Å². The summed E-state index contributed by atoms with van der Waals surface area (Å²) in [6, 6.07) is 53.0. The Labute approximate surface area is 350 Å². The predicted octanol–water partition coefficient (Wildman–Crippen LogP) is 13.2. The second-order valence-electron chi connectivity index (χ2n) is 13.5. The molecule has 0 bridgehead atoms. The van der Waals surface area contributed by atoms with Gasteiger partial charge in [-0.1, -0.05) is 48.6 Å². The zero-order chi connectivity index (χ0) is 41.8. The van der Waals surface area contributed by atoms with Crippen LogP contribution < -0.4 is 24.0 Å². The van der Waals surface area contributed by atoms with Crippen molar-refractivity contribution in [1.82, 2.24) is 0 Å². The third-order valence-electron chi connectivity index (χ3n) is 9.93. The van der Waals surface area contributed by atoms with Crippen LogP contribution in [-0.2, 0) is 0 Å². The molecule has 0 N–H and O–H groups in total. The number of methoxy groups -OCH3 is 3. The number of hydrogen-bond donors (Lipinski definition) is 0. The molecule has 0 fully saturated rings. The normalized spacial score (nSPS) is 10.8. The van der Waals surface area contributed by atoms with Crippen molar-refractivity contribution in [2.45, 2.75) is 0 Å². The van der Waals surface area contributed by atoms with Crippen LogP contribution in [0.2, 0.25) is 0 Å². The van der Waals surface area contributed by atoms with E-state index in [1.807, 2.05) is 158 Å². The molecule has 7 aromatic rings. The van der Waals surface area contributed by atoms with Crippen LogP contribution in [0.1, 0.15) is 38.2 Å². The van der Waals surface area contributed by atoms with Gasteiger partial charge in [0, 0.05) is 39.7 Å². The van der Waals surface area contributed by atoms with Gasteiger partial charge in [-0.3, -0.25) is 4.79 Å². The molecular weight excluding hydrogens is 745 g/mol. The monoisotopic (exact) mass is 784 g/mol. The lowest BCUT2D eigenvalue weighted by Crippen LogP contribution is -2.09. The lowest BCUT2D eigenvalue weighted by Gasteiger charge is -2.26. The average molecular weight is 785 g/mol. The van der Waals surface area contributed by atoms with E-state index in [1.165, 1.54) is 0 Å². The molecule has 0 spiro atoms. The quantitative estimate of drug-likeness (QED) is 0.0617. The Hall–Kier alpha value is -8.33. The van der Waals surface area contributed by atoms with Crippen molar-refractivity contribution in [3.63, 3.8) is 0 Å². The lowest BCUT2D eigenvalue weighted by atomic mass is 10.0. The van der Waals surface area contributed by atoms with Crippen molar-refractivity contribution >= 4 is 70.4 Å². The highest BCUT2D eigenvalue weighted by molar-refractivity contribution is 5.85. The maximum absolute atomic E-state index is 11.3. The van der Waals surface area contributed by atoms with Gasteiger partial charge in [0.25, 0.3) is 0 Å². The van der Waals surface area contributed by atoms with Gasteiger partial charge in [0.1, 0.15) is 23.5 Å². The van der Waals surface area contributed by atoms with Crippen LogP contribution in [0.25, 0.3) is 29.1 Å². The number of carbonyl (C=O) groups excluding carboxylic acids is 1. The van der Waals surface area contributed by atoms with E-state index in [9.17, 15) is 10.1 Å². The minimum absolute atomic E-state index is 0.441. The first-order valence-corrected chi connectivity index (χ1v) is 19.0. The largest absolute Gasteiger partial charge is 0.497 e. The van der Waals surface area contributed by atoms with Crippen molar-refractivity contribution in [2.75, 3.05) is 31.1 Å². The molecule has 60 heavy (non-hydrogen) atoms. The fourth-order valence-corrected chi connectivity index (χ4v) is 6.72. The summed E-state index contributed by atoms with van der Waals surface area (Å²) in [6.07, 6.45) is 8.45. The average Bonchev–Trinajstić information content (AvgIpc) is 3.32. The van der Waals surface area contributed by atoms with E-state index < -0.39 is 0 Å². The molecule has 0 amide bonds. The summed E-state index contributed by atoms with van der Waals surface area (Å²) in [6.45, 7) is 7.96. The fourth-order valence-electron chi connectivity index (χ4n) is 6.72. The van der Waals surface area contributed by atoms with Crippen LogP contribution in [0.15, 0.2) is 158 Å². The first kappa shape index (κ1) is 39.9. The third kappa shape index (κ3) is 9.11. The van der Waals surface area contributed by atoms with E-state index in [-0.39, 0.29) is 0 Å². The second-order valence-corrected chi connectivity index (χ2v) is 13.5. The second kappa shape index (κ2) is 18.7. The highest BCUT2D eigenvalue weighted by Gasteiger charge is 2.15. The molecule has 0 aromatic heterocycles. The van der Waals surface area contributed by atoms with Gasteiger partial charge in [0.2, 0.25) is 0 Å². The number of ether oxygens (including phenoxy) is 3. The fraction of sp³-hybridized carbons (Fsp3) is 0.0577. The summed E-state index contributed by atoms with van der Waals surface area (Å²) in [5, 5.41) is 10.2. The highest BCUT2D eigenvalue weighted by Crippen LogP contribution is 2.38. The van der Waals surface area contributed by atoms with Gasteiger partial charge in [-0.25, -0.2) is 4.85 Å². The molecule has 0 saturated heterocycles.